The number of nitrogens with two attached hydrogens (primary N) is 1. The maximum Gasteiger partial charge on any atom is 0.237 e. The van der Waals surface area contributed by atoms with Gasteiger partial charge in [0.1, 0.15) is 0 Å². The van der Waals surface area contributed by atoms with E-state index < -0.39 is 5.54 Å². The van der Waals surface area contributed by atoms with E-state index in [9.17, 15) is 4.79 Å². The number of amides is 1. The largest absolute Gasteiger partial charge is 0.368 e. The van der Waals surface area contributed by atoms with Crippen molar-refractivity contribution in [2.75, 3.05) is 13.1 Å². The third-order valence-electron chi connectivity index (χ3n) is 3.21. The summed E-state index contributed by atoms with van der Waals surface area (Å²) in [5.41, 5.74) is 6.36. The van der Waals surface area contributed by atoms with Crippen molar-refractivity contribution in [3.8, 4) is 0 Å². The van der Waals surface area contributed by atoms with Crippen LogP contribution in [0, 0.1) is 0 Å². The first-order chi connectivity index (χ1) is 7.48. The van der Waals surface area contributed by atoms with E-state index in [0.717, 1.165) is 25.9 Å². The zero-order valence-corrected chi connectivity index (χ0v) is 11.3. The van der Waals surface area contributed by atoms with E-state index in [0.29, 0.717) is 0 Å². The normalized spacial score (nSPS) is 17.4. The second-order valence-corrected chi connectivity index (χ2v) is 4.36. The van der Waals surface area contributed by atoms with Crippen LogP contribution in [0.5, 0.6) is 0 Å². The van der Waals surface area contributed by atoms with Gasteiger partial charge in [-0.3, -0.25) is 9.69 Å². The number of piperidine rings is 1. The third-order valence-corrected chi connectivity index (χ3v) is 3.21. The fraction of sp³-hybridized carbons (Fsp3) is 0.769. The maximum atomic E-state index is 11.2. The fourth-order valence-corrected chi connectivity index (χ4v) is 1.80. The summed E-state index contributed by atoms with van der Waals surface area (Å²) in [5.74, 6) is -0.235. The molecule has 1 amide bonds. The van der Waals surface area contributed by atoms with E-state index in [1.54, 1.807) is 0 Å². The SMILES string of the molecule is CC.CC=C1CCN(C(C)(C)C(N)=O)CC1. The van der Waals surface area contributed by atoms with Crippen molar-refractivity contribution in [2.45, 2.75) is 53.0 Å². The first-order valence-electron chi connectivity index (χ1n) is 6.17. The van der Waals surface area contributed by atoms with Gasteiger partial charge in [0, 0.05) is 13.1 Å². The highest BCUT2D eigenvalue weighted by molar-refractivity contribution is 5.83. The number of carbonyl (C=O) groups excluding carboxylic acids is 1. The molecule has 1 fully saturated rings. The van der Waals surface area contributed by atoms with Gasteiger partial charge in [0.2, 0.25) is 5.91 Å². The Hall–Kier alpha value is -0.830. The topological polar surface area (TPSA) is 46.3 Å². The molecule has 0 bridgehead atoms. The van der Waals surface area contributed by atoms with Gasteiger partial charge < -0.3 is 5.73 Å². The molecule has 0 aromatic heterocycles. The average Bonchev–Trinajstić information content (AvgIpc) is 2.31. The quantitative estimate of drug-likeness (QED) is 0.734. The minimum Gasteiger partial charge on any atom is -0.368 e. The van der Waals surface area contributed by atoms with Gasteiger partial charge in [0.05, 0.1) is 5.54 Å². The van der Waals surface area contributed by atoms with Crippen LogP contribution < -0.4 is 5.73 Å². The van der Waals surface area contributed by atoms with Crippen LogP contribution in [0.1, 0.15) is 47.5 Å². The lowest BCUT2D eigenvalue weighted by Crippen LogP contribution is -2.55. The molecule has 0 unspecified atom stereocenters. The second-order valence-electron chi connectivity index (χ2n) is 4.36. The van der Waals surface area contributed by atoms with E-state index in [-0.39, 0.29) is 5.91 Å². The Balaban J connectivity index is 0.00000106. The molecular weight excluding hydrogens is 200 g/mol. The molecule has 1 rings (SSSR count). The first kappa shape index (κ1) is 15.2. The smallest absolute Gasteiger partial charge is 0.237 e. The van der Waals surface area contributed by atoms with Crippen LogP contribution >= 0.6 is 0 Å². The van der Waals surface area contributed by atoms with Crippen LogP contribution in [-0.4, -0.2) is 29.4 Å². The van der Waals surface area contributed by atoms with Crippen molar-refractivity contribution in [3.63, 3.8) is 0 Å². The number of carbonyl (C=O) groups is 1. The van der Waals surface area contributed by atoms with Crippen molar-refractivity contribution in [1.82, 2.24) is 4.90 Å². The van der Waals surface area contributed by atoms with Crippen molar-refractivity contribution in [1.29, 1.82) is 0 Å². The molecule has 0 aliphatic carbocycles. The highest BCUT2D eigenvalue weighted by Crippen LogP contribution is 2.23. The lowest BCUT2D eigenvalue weighted by molar-refractivity contribution is -0.128. The van der Waals surface area contributed by atoms with Gasteiger partial charge in [-0.2, -0.15) is 0 Å². The van der Waals surface area contributed by atoms with Gasteiger partial charge in [0.15, 0.2) is 0 Å². The summed E-state index contributed by atoms with van der Waals surface area (Å²) in [7, 11) is 0. The molecule has 0 aromatic rings. The van der Waals surface area contributed by atoms with E-state index in [1.807, 2.05) is 27.7 Å². The number of hydrogen-bond acceptors (Lipinski definition) is 2. The Morgan fingerprint density at radius 1 is 1.31 bits per heavy atom. The van der Waals surface area contributed by atoms with E-state index in [4.69, 9.17) is 5.73 Å². The number of hydrogen-bond donors (Lipinski definition) is 1. The highest BCUT2D eigenvalue weighted by atomic mass is 16.1. The molecule has 1 heterocycles. The van der Waals surface area contributed by atoms with E-state index >= 15 is 0 Å². The zero-order chi connectivity index (χ0) is 12.8. The summed E-state index contributed by atoms with van der Waals surface area (Å²) in [4.78, 5) is 13.4. The summed E-state index contributed by atoms with van der Waals surface area (Å²) in [5, 5.41) is 0. The van der Waals surface area contributed by atoms with Crippen molar-refractivity contribution in [2.24, 2.45) is 5.73 Å². The van der Waals surface area contributed by atoms with Gasteiger partial charge in [0.25, 0.3) is 0 Å². The number of nitrogens with zero attached hydrogens (tertiary/aromatic N) is 1. The minimum atomic E-state index is -0.501. The second kappa shape index (κ2) is 6.69. The molecule has 0 saturated carbocycles. The Kier molecular flexibility index (Phi) is 6.34. The molecule has 1 saturated heterocycles. The Morgan fingerprint density at radius 2 is 1.75 bits per heavy atom. The number of primary amides is 1. The maximum absolute atomic E-state index is 11.2. The van der Waals surface area contributed by atoms with Crippen molar-refractivity contribution in [3.05, 3.63) is 11.6 Å². The molecule has 0 aromatic carbocycles. The van der Waals surface area contributed by atoms with Crippen molar-refractivity contribution < 1.29 is 4.79 Å². The van der Waals surface area contributed by atoms with Crippen LogP contribution in [0.2, 0.25) is 0 Å². The zero-order valence-electron chi connectivity index (χ0n) is 11.3. The highest BCUT2D eigenvalue weighted by Gasteiger charge is 2.33. The summed E-state index contributed by atoms with van der Waals surface area (Å²) in [6.07, 6.45) is 4.30. The van der Waals surface area contributed by atoms with Crippen LogP contribution in [0.3, 0.4) is 0 Å². The number of likely N-dealkylation sites (tertiary alicyclic amines) is 1. The molecule has 2 N–H and O–H groups in total. The Labute approximate surface area is 99.7 Å². The third kappa shape index (κ3) is 3.63. The first-order valence-corrected chi connectivity index (χ1v) is 6.17. The lowest BCUT2D eigenvalue weighted by Gasteiger charge is -2.39. The molecule has 0 radical (unpaired) electrons. The van der Waals surface area contributed by atoms with Crippen LogP contribution in [-0.2, 0) is 4.79 Å². The molecule has 94 valence electrons. The molecular formula is C13H26N2O. The lowest BCUT2D eigenvalue weighted by atomic mass is 9.95. The van der Waals surface area contributed by atoms with Gasteiger partial charge in [-0.15, -0.1) is 0 Å². The van der Waals surface area contributed by atoms with Crippen LogP contribution in [0.25, 0.3) is 0 Å². The number of rotatable bonds is 2. The minimum absolute atomic E-state index is 0.235. The average molecular weight is 226 g/mol. The standard InChI is InChI=1S/C11H20N2O.C2H6/c1-4-9-5-7-13(8-6-9)11(2,3)10(12)14;1-2/h4H,5-8H2,1-3H3,(H2,12,14);1-2H3. The van der Waals surface area contributed by atoms with Gasteiger partial charge in [-0.1, -0.05) is 25.5 Å². The van der Waals surface area contributed by atoms with Crippen LogP contribution in [0.4, 0.5) is 0 Å². The predicted molar refractivity (Wildman–Crippen MR) is 69.2 cm³/mol. The van der Waals surface area contributed by atoms with E-state index in [1.165, 1.54) is 5.57 Å². The van der Waals surface area contributed by atoms with Gasteiger partial charge >= 0.3 is 0 Å². The molecule has 16 heavy (non-hydrogen) atoms. The Morgan fingerprint density at radius 3 is 2.06 bits per heavy atom. The molecule has 1 aliphatic rings. The molecule has 1 aliphatic heterocycles. The molecule has 0 atom stereocenters. The monoisotopic (exact) mass is 226 g/mol. The van der Waals surface area contributed by atoms with Gasteiger partial charge in [-0.25, -0.2) is 0 Å². The molecule has 3 heteroatoms. The van der Waals surface area contributed by atoms with Crippen molar-refractivity contribution >= 4 is 5.91 Å². The number of allylic oxidation sites excluding steroid dienone is 1. The summed E-state index contributed by atoms with van der Waals surface area (Å²) in [6.45, 7) is 11.8. The molecule has 0 spiro atoms. The van der Waals surface area contributed by atoms with Gasteiger partial charge in [-0.05, 0) is 33.6 Å². The molecule has 3 nitrogen and oxygen atoms in total. The summed E-state index contributed by atoms with van der Waals surface area (Å²) in [6, 6.07) is 0. The van der Waals surface area contributed by atoms with E-state index in [2.05, 4.69) is 17.9 Å². The summed E-state index contributed by atoms with van der Waals surface area (Å²) >= 11 is 0. The fourth-order valence-electron chi connectivity index (χ4n) is 1.80. The Bertz CT molecular complexity index is 247. The van der Waals surface area contributed by atoms with Crippen LogP contribution in [0.15, 0.2) is 11.6 Å². The predicted octanol–water partition coefficient (Wildman–Crippen LogP) is 2.32. The summed E-state index contributed by atoms with van der Waals surface area (Å²) < 4.78 is 0.